The molecule has 5 heteroatoms. The molecule has 1 heterocycles. The van der Waals surface area contributed by atoms with Crippen LogP contribution < -0.4 is 5.56 Å². The average Bonchev–Trinajstić information content (AvgIpc) is 2.67. The van der Waals surface area contributed by atoms with Crippen LogP contribution in [0.15, 0.2) is 57.0 Å². The number of oxime groups is 1. The number of hydrogen-bond donors (Lipinski definition) is 1. The van der Waals surface area contributed by atoms with Gasteiger partial charge in [0.2, 0.25) is 5.56 Å². The molecule has 0 saturated heterocycles. The summed E-state index contributed by atoms with van der Waals surface area (Å²) in [4.78, 5) is 11.7. The fraction of sp³-hybridized carbons (Fsp3) is 0.429. The van der Waals surface area contributed by atoms with Crippen molar-refractivity contribution in [2.45, 2.75) is 44.4 Å². The third-order valence-electron chi connectivity index (χ3n) is 5.47. The molecular formula is C21H25BrN2O2. The van der Waals surface area contributed by atoms with Crippen LogP contribution in [0.4, 0.5) is 0 Å². The van der Waals surface area contributed by atoms with Crippen molar-refractivity contribution < 1.29 is 5.21 Å². The van der Waals surface area contributed by atoms with Gasteiger partial charge < -0.3 is 9.77 Å². The van der Waals surface area contributed by atoms with Crippen LogP contribution in [0.1, 0.15) is 55.6 Å². The van der Waals surface area contributed by atoms with Crippen LogP contribution in [0.25, 0.3) is 0 Å². The third-order valence-corrected chi connectivity index (χ3v) is 6.00. The first kappa shape index (κ1) is 18.9. The summed E-state index contributed by atoms with van der Waals surface area (Å²) in [7, 11) is 1.72. The first-order valence-electron chi connectivity index (χ1n) is 9.22. The van der Waals surface area contributed by atoms with Crippen LogP contribution >= 0.6 is 15.9 Å². The average molecular weight is 417 g/mol. The van der Waals surface area contributed by atoms with E-state index in [2.05, 4.69) is 45.4 Å². The van der Waals surface area contributed by atoms with Gasteiger partial charge in [-0.2, -0.15) is 0 Å². The molecule has 1 aliphatic rings. The molecule has 138 valence electrons. The van der Waals surface area contributed by atoms with Crippen LogP contribution in [0.3, 0.4) is 0 Å². The minimum absolute atomic E-state index is 0.0669. The number of aromatic nitrogens is 1. The second-order valence-corrected chi connectivity index (χ2v) is 8.09. The molecule has 1 saturated carbocycles. The Hall–Kier alpha value is -1.88. The zero-order valence-electron chi connectivity index (χ0n) is 15.1. The van der Waals surface area contributed by atoms with Crippen molar-refractivity contribution >= 4 is 21.6 Å². The largest absolute Gasteiger partial charge is 0.411 e. The van der Waals surface area contributed by atoms with Gasteiger partial charge >= 0.3 is 0 Å². The lowest BCUT2D eigenvalue weighted by Crippen LogP contribution is -2.22. The second-order valence-electron chi connectivity index (χ2n) is 7.17. The molecular weight excluding hydrogens is 392 g/mol. The maximum absolute atomic E-state index is 11.7. The van der Waals surface area contributed by atoms with Gasteiger partial charge in [-0.25, -0.2) is 0 Å². The van der Waals surface area contributed by atoms with Crippen molar-refractivity contribution in [3.8, 4) is 0 Å². The zero-order chi connectivity index (χ0) is 18.5. The molecule has 3 rings (SSSR count). The summed E-state index contributed by atoms with van der Waals surface area (Å²) < 4.78 is 2.59. The zero-order valence-corrected chi connectivity index (χ0v) is 16.7. The topological polar surface area (TPSA) is 54.6 Å². The van der Waals surface area contributed by atoms with E-state index in [4.69, 9.17) is 0 Å². The van der Waals surface area contributed by atoms with E-state index < -0.39 is 0 Å². The van der Waals surface area contributed by atoms with Gasteiger partial charge in [-0.15, -0.1) is 0 Å². The third kappa shape index (κ3) is 4.44. The van der Waals surface area contributed by atoms with Gasteiger partial charge in [-0.05, 0) is 48.4 Å². The van der Waals surface area contributed by atoms with E-state index in [1.54, 1.807) is 19.3 Å². The predicted molar refractivity (Wildman–Crippen MR) is 108 cm³/mol. The van der Waals surface area contributed by atoms with Crippen molar-refractivity contribution in [1.29, 1.82) is 0 Å². The number of nitrogens with zero attached hydrogens (tertiary/aromatic N) is 2. The first-order valence-corrected chi connectivity index (χ1v) is 10.0. The van der Waals surface area contributed by atoms with E-state index >= 15 is 0 Å². The normalized spacial score (nSPS) is 17.2. The maximum atomic E-state index is 11.7. The van der Waals surface area contributed by atoms with Crippen molar-refractivity contribution in [2.75, 3.05) is 0 Å². The minimum Gasteiger partial charge on any atom is -0.411 e. The van der Waals surface area contributed by atoms with Gasteiger partial charge in [0, 0.05) is 35.8 Å². The van der Waals surface area contributed by atoms with Crippen LogP contribution in [-0.4, -0.2) is 15.5 Å². The highest BCUT2D eigenvalue weighted by atomic mass is 79.9. The first-order chi connectivity index (χ1) is 12.6. The lowest BCUT2D eigenvalue weighted by atomic mass is 9.74. The Morgan fingerprint density at radius 2 is 1.88 bits per heavy atom. The molecule has 0 aliphatic heterocycles. The lowest BCUT2D eigenvalue weighted by molar-refractivity contribution is 0.298. The number of pyridine rings is 1. The highest BCUT2D eigenvalue weighted by molar-refractivity contribution is 9.10. The Balaban J connectivity index is 1.91. The number of rotatable bonds is 5. The van der Waals surface area contributed by atoms with Crippen LogP contribution in [0.2, 0.25) is 0 Å². The number of hydrogen-bond acceptors (Lipinski definition) is 3. The Kier molecular flexibility index (Phi) is 6.30. The van der Waals surface area contributed by atoms with Gasteiger partial charge in [0.1, 0.15) is 0 Å². The van der Waals surface area contributed by atoms with E-state index in [-0.39, 0.29) is 5.56 Å². The number of benzene rings is 1. The summed E-state index contributed by atoms with van der Waals surface area (Å²) in [6.07, 6.45) is 8.69. The smallest absolute Gasteiger partial charge is 0.250 e. The summed E-state index contributed by atoms with van der Waals surface area (Å²) in [6.45, 7) is 0. The molecule has 1 aromatic heterocycles. The van der Waals surface area contributed by atoms with Crippen molar-refractivity contribution in [3.63, 3.8) is 0 Å². The van der Waals surface area contributed by atoms with Crippen molar-refractivity contribution in [1.82, 2.24) is 4.57 Å². The van der Waals surface area contributed by atoms with Crippen molar-refractivity contribution in [2.24, 2.45) is 18.1 Å². The van der Waals surface area contributed by atoms with Crippen LogP contribution in [0, 0.1) is 5.92 Å². The standard InChI is InChI=1S/C21H25BrN2O2/c1-24-14-17(9-12-21(24)25)20(23-26)13-19(15-5-3-2-4-6-15)16-7-10-18(22)11-8-16/h7-12,14-15,19,26H,2-6,13H2,1H3/b23-20+. The van der Waals surface area contributed by atoms with Gasteiger partial charge in [0.05, 0.1) is 5.71 Å². The van der Waals surface area contributed by atoms with Crippen molar-refractivity contribution in [3.05, 3.63) is 68.5 Å². The summed E-state index contributed by atoms with van der Waals surface area (Å²) in [5.74, 6) is 0.903. The maximum Gasteiger partial charge on any atom is 0.250 e. The molecule has 4 nitrogen and oxygen atoms in total. The number of halogens is 1. The Morgan fingerprint density at radius 3 is 2.50 bits per heavy atom. The molecule has 26 heavy (non-hydrogen) atoms. The highest BCUT2D eigenvalue weighted by Gasteiger charge is 2.27. The van der Waals surface area contributed by atoms with E-state index in [1.807, 2.05) is 0 Å². The van der Waals surface area contributed by atoms with Crippen LogP contribution in [-0.2, 0) is 7.05 Å². The van der Waals surface area contributed by atoms with Gasteiger partial charge in [0.25, 0.3) is 0 Å². The Bertz CT molecular complexity index is 821. The fourth-order valence-electron chi connectivity index (χ4n) is 3.99. The van der Waals surface area contributed by atoms with E-state index in [9.17, 15) is 10.0 Å². The molecule has 0 amide bonds. The fourth-order valence-corrected chi connectivity index (χ4v) is 4.26. The van der Waals surface area contributed by atoms with Gasteiger partial charge in [0.15, 0.2) is 0 Å². The minimum atomic E-state index is -0.0669. The molecule has 1 atom stereocenters. The van der Waals surface area contributed by atoms with Gasteiger partial charge in [-0.3, -0.25) is 4.79 Å². The summed E-state index contributed by atoms with van der Waals surface area (Å²) in [5.41, 5.74) is 2.65. The summed E-state index contributed by atoms with van der Waals surface area (Å²) >= 11 is 3.51. The summed E-state index contributed by atoms with van der Waals surface area (Å²) in [6, 6.07) is 11.8. The Labute approximate surface area is 162 Å². The molecule has 1 aromatic carbocycles. The molecule has 0 spiro atoms. The molecule has 1 fully saturated rings. The summed E-state index contributed by atoms with van der Waals surface area (Å²) in [5, 5.41) is 13.3. The SMILES string of the molecule is Cn1cc(/C(CC(c2ccc(Br)cc2)C2CCCCC2)=N/O)ccc1=O. The molecule has 0 bridgehead atoms. The second kappa shape index (κ2) is 8.67. The van der Waals surface area contributed by atoms with Gasteiger partial charge in [-0.1, -0.05) is 52.5 Å². The van der Waals surface area contributed by atoms with E-state index in [0.717, 1.165) is 10.0 Å². The molecule has 0 radical (unpaired) electrons. The molecule has 1 unspecified atom stereocenters. The molecule has 2 aromatic rings. The quantitative estimate of drug-likeness (QED) is 0.419. The molecule has 1 aliphatic carbocycles. The number of aryl methyl sites for hydroxylation is 1. The van der Waals surface area contributed by atoms with E-state index in [1.165, 1.54) is 48.3 Å². The lowest BCUT2D eigenvalue weighted by Gasteiger charge is -2.31. The predicted octanol–water partition coefficient (Wildman–Crippen LogP) is 5.08. The highest BCUT2D eigenvalue weighted by Crippen LogP contribution is 2.39. The Morgan fingerprint density at radius 1 is 1.19 bits per heavy atom. The van der Waals surface area contributed by atoms with E-state index in [0.29, 0.717) is 24.0 Å². The monoisotopic (exact) mass is 416 g/mol. The van der Waals surface area contributed by atoms with Crippen LogP contribution in [0.5, 0.6) is 0 Å². The molecule has 1 N–H and O–H groups in total.